The van der Waals surface area contributed by atoms with E-state index in [1.807, 2.05) is 30.3 Å². The Hall–Kier alpha value is -2.11. The molecule has 2 heterocycles. The Morgan fingerprint density at radius 1 is 1.07 bits per heavy atom. The van der Waals surface area contributed by atoms with Crippen LogP contribution in [0.4, 0.5) is 5.82 Å². The standard InChI is InChI=1S/C21H25ClN4O/c22-18-7-8-19(23-15-18)26-13-11-25(12-14-26)16-20(27)24-21(9-4-10-21)17-5-2-1-3-6-17/h1-3,5-8,15H,4,9-14,16H2,(H,24,27). The highest BCUT2D eigenvalue weighted by Crippen LogP contribution is 2.41. The maximum absolute atomic E-state index is 12.7. The molecule has 4 rings (SSSR count). The van der Waals surface area contributed by atoms with E-state index in [1.54, 1.807) is 6.20 Å². The molecule has 1 saturated heterocycles. The Bertz CT molecular complexity index is 769. The van der Waals surface area contributed by atoms with E-state index in [4.69, 9.17) is 11.6 Å². The van der Waals surface area contributed by atoms with E-state index in [0.717, 1.165) is 44.8 Å². The van der Waals surface area contributed by atoms with Gasteiger partial charge in [0.2, 0.25) is 5.91 Å². The van der Waals surface area contributed by atoms with Gasteiger partial charge in [-0.2, -0.15) is 0 Å². The summed E-state index contributed by atoms with van der Waals surface area (Å²) in [5.74, 6) is 1.07. The minimum Gasteiger partial charge on any atom is -0.354 e. The fourth-order valence-corrected chi connectivity index (χ4v) is 4.08. The lowest BCUT2D eigenvalue weighted by atomic mass is 9.72. The molecule has 0 atom stereocenters. The first-order valence-corrected chi connectivity index (χ1v) is 9.98. The number of nitrogens with one attached hydrogen (secondary N) is 1. The lowest BCUT2D eigenvalue weighted by molar-refractivity contribution is -0.125. The first-order chi connectivity index (χ1) is 13.1. The van der Waals surface area contributed by atoms with Gasteiger partial charge in [0.1, 0.15) is 5.82 Å². The third-order valence-corrected chi connectivity index (χ3v) is 5.91. The minimum atomic E-state index is -0.159. The SMILES string of the molecule is O=C(CN1CCN(c2ccc(Cl)cn2)CC1)NC1(c2ccccc2)CCC1. The normalized spacial score (nSPS) is 19.4. The zero-order valence-corrected chi connectivity index (χ0v) is 16.2. The molecule has 27 heavy (non-hydrogen) atoms. The number of hydrogen-bond donors (Lipinski definition) is 1. The number of aromatic nitrogens is 1. The fourth-order valence-electron chi connectivity index (χ4n) is 3.97. The first-order valence-electron chi connectivity index (χ1n) is 9.60. The molecule has 0 spiro atoms. The molecule has 1 saturated carbocycles. The van der Waals surface area contributed by atoms with Gasteiger partial charge in [0.25, 0.3) is 0 Å². The van der Waals surface area contributed by atoms with Crippen LogP contribution in [0.5, 0.6) is 0 Å². The Labute approximate surface area is 165 Å². The third-order valence-electron chi connectivity index (χ3n) is 5.69. The van der Waals surface area contributed by atoms with Crippen LogP contribution in [0, 0.1) is 0 Å². The second-order valence-electron chi connectivity index (χ2n) is 7.45. The zero-order valence-electron chi connectivity index (χ0n) is 15.4. The number of pyridine rings is 1. The molecule has 1 N–H and O–H groups in total. The predicted molar refractivity (Wildman–Crippen MR) is 108 cm³/mol. The summed E-state index contributed by atoms with van der Waals surface area (Å²) >= 11 is 5.91. The fraction of sp³-hybridized carbons (Fsp3) is 0.429. The highest BCUT2D eigenvalue weighted by atomic mass is 35.5. The summed E-state index contributed by atoms with van der Waals surface area (Å²) in [6, 6.07) is 14.2. The van der Waals surface area contributed by atoms with Crippen molar-refractivity contribution in [3.05, 3.63) is 59.2 Å². The second kappa shape index (κ2) is 7.87. The number of amides is 1. The van der Waals surface area contributed by atoms with E-state index in [-0.39, 0.29) is 11.4 Å². The predicted octanol–water partition coefficient (Wildman–Crippen LogP) is 3.05. The van der Waals surface area contributed by atoms with Crippen LogP contribution in [0.25, 0.3) is 0 Å². The number of rotatable bonds is 5. The number of piperazine rings is 1. The van der Waals surface area contributed by atoms with E-state index >= 15 is 0 Å². The van der Waals surface area contributed by atoms with Crippen molar-refractivity contribution < 1.29 is 4.79 Å². The average Bonchev–Trinajstić information content (AvgIpc) is 2.67. The van der Waals surface area contributed by atoms with Crippen LogP contribution in [-0.2, 0) is 10.3 Å². The first kappa shape index (κ1) is 18.3. The van der Waals surface area contributed by atoms with Gasteiger partial charge in [-0.15, -0.1) is 0 Å². The van der Waals surface area contributed by atoms with Crippen LogP contribution in [0.3, 0.4) is 0 Å². The molecule has 1 aromatic carbocycles. The van der Waals surface area contributed by atoms with Gasteiger partial charge in [-0.3, -0.25) is 9.69 Å². The monoisotopic (exact) mass is 384 g/mol. The van der Waals surface area contributed by atoms with Gasteiger partial charge in [-0.25, -0.2) is 4.98 Å². The molecular formula is C21H25ClN4O. The molecule has 1 aliphatic heterocycles. The van der Waals surface area contributed by atoms with Crippen LogP contribution >= 0.6 is 11.6 Å². The summed E-state index contributed by atoms with van der Waals surface area (Å²) in [4.78, 5) is 21.5. The Kier molecular flexibility index (Phi) is 5.32. The van der Waals surface area contributed by atoms with E-state index in [1.165, 1.54) is 12.0 Å². The molecule has 1 aliphatic carbocycles. The average molecular weight is 385 g/mol. The summed E-state index contributed by atoms with van der Waals surface area (Å²) in [6.07, 6.45) is 4.90. The highest BCUT2D eigenvalue weighted by Gasteiger charge is 2.40. The third kappa shape index (κ3) is 4.09. The van der Waals surface area contributed by atoms with Gasteiger partial charge in [0.15, 0.2) is 0 Å². The van der Waals surface area contributed by atoms with Gasteiger partial charge < -0.3 is 10.2 Å². The maximum Gasteiger partial charge on any atom is 0.234 e. The lowest BCUT2D eigenvalue weighted by Crippen LogP contribution is -2.55. The van der Waals surface area contributed by atoms with E-state index in [0.29, 0.717) is 11.6 Å². The second-order valence-corrected chi connectivity index (χ2v) is 7.88. The Morgan fingerprint density at radius 3 is 2.41 bits per heavy atom. The summed E-state index contributed by atoms with van der Waals surface area (Å²) in [7, 11) is 0. The molecule has 0 radical (unpaired) electrons. The summed E-state index contributed by atoms with van der Waals surface area (Å²) in [6.45, 7) is 3.90. The van der Waals surface area contributed by atoms with Crippen molar-refractivity contribution in [1.82, 2.24) is 15.2 Å². The molecule has 2 aromatic rings. The number of anilines is 1. The molecular weight excluding hydrogens is 360 g/mol. The maximum atomic E-state index is 12.7. The van der Waals surface area contributed by atoms with Crippen molar-refractivity contribution in [1.29, 1.82) is 0 Å². The zero-order chi connectivity index (χ0) is 18.7. The Morgan fingerprint density at radius 2 is 1.81 bits per heavy atom. The molecule has 0 unspecified atom stereocenters. The lowest BCUT2D eigenvalue weighted by Gasteiger charge is -2.44. The quantitative estimate of drug-likeness (QED) is 0.860. The van der Waals surface area contributed by atoms with Crippen LogP contribution in [0.1, 0.15) is 24.8 Å². The molecule has 142 valence electrons. The van der Waals surface area contributed by atoms with Crippen LogP contribution in [0.15, 0.2) is 48.7 Å². The molecule has 5 nitrogen and oxygen atoms in total. The van der Waals surface area contributed by atoms with E-state index < -0.39 is 0 Å². The molecule has 0 bridgehead atoms. The Balaban J connectivity index is 1.30. The minimum absolute atomic E-state index is 0.122. The van der Waals surface area contributed by atoms with Gasteiger partial charge >= 0.3 is 0 Å². The highest BCUT2D eigenvalue weighted by molar-refractivity contribution is 6.30. The summed E-state index contributed by atoms with van der Waals surface area (Å²) < 4.78 is 0. The van der Waals surface area contributed by atoms with Gasteiger partial charge in [0, 0.05) is 32.4 Å². The number of nitrogens with zero attached hydrogens (tertiary/aromatic N) is 3. The van der Waals surface area contributed by atoms with E-state index in [9.17, 15) is 4.79 Å². The topological polar surface area (TPSA) is 48.5 Å². The molecule has 2 aliphatic rings. The van der Waals surface area contributed by atoms with Crippen molar-refractivity contribution in [2.24, 2.45) is 0 Å². The smallest absolute Gasteiger partial charge is 0.234 e. The largest absolute Gasteiger partial charge is 0.354 e. The van der Waals surface area contributed by atoms with Gasteiger partial charge in [-0.1, -0.05) is 41.9 Å². The van der Waals surface area contributed by atoms with Crippen molar-refractivity contribution in [2.45, 2.75) is 24.8 Å². The van der Waals surface area contributed by atoms with Crippen LogP contribution in [0.2, 0.25) is 5.02 Å². The van der Waals surface area contributed by atoms with Crippen LogP contribution in [-0.4, -0.2) is 48.5 Å². The van der Waals surface area contributed by atoms with Crippen molar-refractivity contribution in [2.75, 3.05) is 37.6 Å². The number of carbonyl (C=O) groups excluding carboxylic acids is 1. The van der Waals surface area contributed by atoms with Crippen molar-refractivity contribution in [3.8, 4) is 0 Å². The number of carbonyl (C=O) groups is 1. The number of hydrogen-bond acceptors (Lipinski definition) is 4. The summed E-state index contributed by atoms with van der Waals surface area (Å²) in [5, 5.41) is 3.97. The van der Waals surface area contributed by atoms with Crippen molar-refractivity contribution >= 4 is 23.3 Å². The molecule has 1 amide bonds. The number of halogens is 1. The summed E-state index contributed by atoms with van der Waals surface area (Å²) in [5.41, 5.74) is 1.07. The molecule has 1 aromatic heterocycles. The molecule has 6 heteroatoms. The molecule has 2 fully saturated rings. The van der Waals surface area contributed by atoms with Crippen molar-refractivity contribution in [3.63, 3.8) is 0 Å². The van der Waals surface area contributed by atoms with Crippen LogP contribution < -0.4 is 10.2 Å². The van der Waals surface area contributed by atoms with Gasteiger partial charge in [-0.05, 0) is 37.0 Å². The number of benzene rings is 1. The van der Waals surface area contributed by atoms with Gasteiger partial charge in [0.05, 0.1) is 17.1 Å². The van der Waals surface area contributed by atoms with E-state index in [2.05, 4.69) is 32.2 Å².